The molecule has 3 rings (SSSR count). The van der Waals surface area contributed by atoms with Crippen LogP contribution in [0.25, 0.3) is 0 Å². The molecule has 0 atom stereocenters. The largest absolute Gasteiger partial charge is 0.450 e. The minimum atomic E-state index is -0.355. The Hall–Kier alpha value is -2.48. The lowest BCUT2D eigenvalue weighted by molar-refractivity contribution is -0.127. The van der Waals surface area contributed by atoms with E-state index in [2.05, 4.69) is 5.32 Å². The number of amides is 3. The zero-order valence-electron chi connectivity index (χ0n) is 13.9. The third-order valence-electron chi connectivity index (χ3n) is 3.95. The molecule has 132 valence electrons. The van der Waals surface area contributed by atoms with Gasteiger partial charge in [0.05, 0.1) is 17.2 Å². The highest BCUT2D eigenvalue weighted by Crippen LogP contribution is 2.37. The van der Waals surface area contributed by atoms with Crippen LogP contribution in [0, 0.1) is 0 Å². The molecule has 0 unspecified atom stereocenters. The highest BCUT2D eigenvalue weighted by atomic mass is 32.2. The average molecular weight is 361 g/mol. The Labute approximate surface area is 150 Å². The predicted octanol–water partition coefficient (Wildman–Crippen LogP) is 1.92. The van der Waals surface area contributed by atoms with Gasteiger partial charge in [0.2, 0.25) is 5.91 Å². The molecule has 0 aromatic heterocycles. The SMILES string of the molecule is CCOC(=O)N1CCN(C(=O)/C=C2\Sc3ccccc3NC2=O)CC1. The van der Waals surface area contributed by atoms with Crippen LogP contribution < -0.4 is 5.32 Å². The Morgan fingerprint density at radius 2 is 1.88 bits per heavy atom. The molecule has 7 nitrogen and oxygen atoms in total. The van der Waals surface area contributed by atoms with Gasteiger partial charge in [0, 0.05) is 37.2 Å². The molecule has 2 aliphatic rings. The van der Waals surface area contributed by atoms with Gasteiger partial charge in [-0.2, -0.15) is 0 Å². The molecule has 2 aliphatic heterocycles. The number of hydrogen-bond acceptors (Lipinski definition) is 5. The standard InChI is InChI=1S/C17H19N3O4S/c1-2-24-17(23)20-9-7-19(8-10-20)15(21)11-14-16(22)18-12-5-3-4-6-13(12)25-14/h3-6,11H,2,7-10H2,1H3,(H,18,22)/b14-11-. The zero-order chi connectivity index (χ0) is 17.8. The van der Waals surface area contributed by atoms with Crippen LogP contribution in [0.3, 0.4) is 0 Å². The fraction of sp³-hybridized carbons (Fsp3) is 0.353. The van der Waals surface area contributed by atoms with Crippen molar-refractivity contribution in [3.63, 3.8) is 0 Å². The van der Waals surface area contributed by atoms with E-state index in [0.29, 0.717) is 37.7 Å². The zero-order valence-corrected chi connectivity index (χ0v) is 14.7. The summed E-state index contributed by atoms with van der Waals surface area (Å²) in [7, 11) is 0. The van der Waals surface area contributed by atoms with Gasteiger partial charge in [-0.1, -0.05) is 23.9 Å². The summed E-state index contributed by atoms with van der Waals surface area (Å²) in [4.78, 5) is 40.8. The minimum Gasteiger partial charge on any atom is -0.450 e. The molecule has 3 amide bonds. The van der Waals surface area contributed by atoms with Crippen molar-refractivity contribution in [3.05, 3.63) is 35.2 Å². The minimum absolute atomic E-state index is 0.222. The van der Waals surface area contributed by atoms with E-state index in [1.165, 1.54) is 17.8 Å². The number of nitrogens with one attached hydrogen (secondary N) is 1. The van der Waals surface area contributed by atoms with E-state index in [1.807, 2.05) is 24.3 Å². The normalized spacial score (nSPS) is 18.6. The first-order chi connectivity index (χ1) is 12.1. The van der Waals surface area contributed by atoms with E-state index in [9.17, 15) is 14.4 Å². The highest BCUT2D eigenvalue weighted by Gasteiger charge is 2.26. The fourth-order valence-corrected chi connectivity index (χ4v) is 3.55. The third-order valence-corrected chi connectivity index (χ3v) is 5.05. The number of hydrogen-bond donors (Lipinski definition) is 1. The van der Waals surface area contributed by atoms with E-state index in [0.717, 1.165) is 10.6 Å². The smallest absolute Gasteiger partial charge is 0.409 e. The molecule has 25 heavy (non-hydrogen) atoms. The molecule has 8 heteroatoms. The summed E-state index contributed by atoms with van der Waals surface area (Å²) < 4.78 is 4.96. The molecule has 1 aromatic rings. The van der Waals surface area contributed by atoms with Crippen LogP contribution in [0.2, 0.25) is 0 Å². The molecule has 0 aliphatic carbocycles. The van der Waals surface area contributed by atoms with Crippen molar-refractivity contribution in [1.82, 2.24) is 9.80 Å². The van der Waals surface area contributed by atoms with Crippen molar-refractivity contribution in [1.29, 1.82) is 0 Å². The molecule has 2 heterocycles. The Bertz CT molecular complexity index is 726. The van der Waals surface area contributed by atoms with Gasteiger partial charge in [0.25, 0.3) is 5.91 Å². The van der Waals surface area contributed by atoms with Crippen LogP contribution in [0.4, 0.5) is 10.5 Å². The Balaban J connectivity index is 1.62. The van der Waals surface area contributed by atoms with Crippen molar-refractivity contribution in [2.45, 2.75) is 11.8 Å². The van der Waals surface area contributed by atoms with Crippen molar-refractivity contribution in [2.24, 2.45) is 0 Å². The van der Waals surface area contributed by atoms with Gasteiger partial charge in [-0.25, -0.2) is 4.79 Å². The number of nitrogens with zero attached hydrogens (tertiary/aromatic N) is 2. The number of ether oxygens (including phenoxy) is 1. The average Bonchev–Trinajstić information content (AvgIpc) is 2.62. The van der Waals surface area contributed by atoms with Gasteiger partial charge in [-0.3, -0.25) is 9.59 Å². The highest BCUT2D eigenvalue weighted by molar-refractivity contribution is 8.04. The van der Waals surface area contributed by atoms with Gasteiger partial charge in [0.15, 0.2) is 0 Å². The monoisotopic (exact) mass is 361 g/mol. The van der Waals surface area contributed by atoms with Crippen molar-refractivity contribution < 1.29 is 19.1 Å². The maximum atomic E-state index is 12.4. The molecule has 1 fully saturated rings. The van der Waals surface area contributed by atoms with E-state index in [4.69, 9.17) is 4.74 Å². The second-order valence-corrected chi connectivity index (χ2v) is 6.66. The summed E-state index contributed by atoms with van der Waals surface area (Å²) in [5.74, 6) is -0.497. The van der Waals surface area contributed by atoms with E-state index in [1.54, 1.807) is 16.7 Å². The first-order valence-electron chi connectivity index (χ1n) is 8.09. The quantitative estimate of drug-likeness (QED) is 0.814. The van der Waals surface area contributed by atoms with E-state index >= 15 is 0 Å². The van der Waals surface area contributed by atoms with Crippen LogP contribution in [-0.4, -0.2) is 60.5 Å². The lowest BCUT2D eigenvalue weighted by atomic mass is 10.3. The first-order valence-corrected chi connectivity index (χ1v) is 8.90. The molecular weight excluding hydrogens is 342 g/mol. The van der Waals surface area contributed by atoms with Crippen molar-refractivity contribution >= 4 is 35.4 Å². The third kappa shape index (κ3) is 3.96. The summed E-state index contributed by atoms with van der Waals surface area (Å²) in [6.45, 7) is 3.78. The molecule has 1 N–H and O–H groups in total. The molecule has 0 radical (unpaired) electrons. The summed E-state index contributed by atoms with van der Waals surface area (Å²) >= 11 is 1.29. The number of benzene rings is 1. The van der Waals surface area contributed by atoms with Crippen molar-refractivity contribution in [3.8, 4) is 0 Å². The number of fused-ring (bicyclic) bond motifs is 1. The summed E-state index contributed by atoms with van der Waals surface area (Å²) in [6, 6.07) is 7.46. The lowest BCUT2D eigenvalue weighted by Crippen LogP contribution is -2.50. The molecular formula is C17H19N3O4S. The number of anilines is 1. The van der Waals surface area contributed by atoms with Crippen LogP contribution in [0.15, 0.2) is 40.1 Å². The lowest BCUT2D eigenvalue weighted by Gasteiger charge is -2.33. The summed E-state index contributed by atoms with van der Waals surface area (Å²) in [5, 5.41) is 2.79. The van der Waals surface area contributed by atoms with E-state index in [-0.39, 0.29) is 17.9 Å². The second kappa shape index (κ2) is 7.60. The number of para-hydroxylation sites is 1. The van der Waals surface area contributed by atoms with Crippen LogP contribution in [-0.2, 0) is 14.3 Å². The molecule has 0 saturated carbocycles. The molecule has 1 aromatic carbocycles. The number of carbonyl (C=O) groups excluding carboxylic acids is 3. The van der Waals surface area contributed by atoms with Gasteiger partial charge in [-0.15, -0.1) is 0 Å². The maximum absolute atomic E-state index is 12.4. The van der Waals surface area contributed by atoms with E-state index < -0.39 is 0 Å². The molecule has 1 saturated heterocycles. The Morgan fingerprint density at radius 1 is 1.20 bits per heavy atom. The van der Waals surface area contributed by atoms with Gasteiger partial charge in [-0.05, 0) is 19.1 Å². The second-order valence-electron chi connectivity index (χ2n) is 5.57. The number of thioether (sulfide) groups is 1. The van der Waals surface area contributed by atoms with Gasteiger partial charge < -0.3 is 19.9 Å². The number of piperazine rings is 1. The van der Waals surface area contributed by atoms with Crippen LogP contribution in [0.1, 0.15) is 6.92 Å². The first kappa shape index (κ1) is 17.3. The summed E-state index contributed by atoms with van der Waals surface area (Å²) in [6.07, 6.45) is 1.02. The maximum Gasteiger partial charge on any atom is 0.409 e. The number of rotatable bonds is 2. The topological polar surface area (TPSA) is 79.0 Å². The van der Waals surface area contributed by atoms with Crippen molar-refractivity contribution in [2.75, 3.05) is 38.1 Å². The van der Waals surface area contributed by atoms with Gasteiger partial charge >= 0.3 is 6.09 Å². The Morgan fingerprint density at radius 3 is 2.60 bits per heavy atom. The molecule has 0 spiro atoms. The predicted molar refractivity (Wildman–Crippen MR) is 94.2 cm³/mol. The fourth-order valence-electron chi connectivity index (χ4n) is 2.63. The molecule has 0 bridgehead atoms. The van der Waals surface area contributed by atoms with Crippen LogP contribution >= 0.6 is 11.8 Å². The number of carbonyl (C=O) groups is 3. The Kier molecular flexibility index (Phi) is 5.28. The summed E-state index contributed by atoms with van der Waals surface area (Å²) in [5.41, 5.74) is 0.755. The van der Waals surface area contributed by atoms with Crippen LogP contribution in [0.5, 0.6) is 0 Å². The van der Waals surface area contributed by atoms with Gasteiger partial charge in [0.1, 0.15) is 0 Å².